The van der Waals surface area contributed by atoms with E-state index in [1.165, 1.54) is 91.0 Å². The molecule has 0 bridgehead atoms. The molecule has 3 aromatic carbocycles. The molecule has 0 radical (unpaired) electrons. The summed E-state index contributed by atoms with van der Waals surface area (Å²) < 4.78 is 13.0. The Morgan fingerprint density at radius 2 is 1.08 bits per heavy atom. The largest absolute Gasteiger partial charge is 0.378 e. The van der Waals surface area contributed by atoms with Gasteiger partial charge in [-0.1, -0.05) is 24.3 Å². The number of benzene rings is 3. The van der Waals surface area contributed by atoms with Crippen LogP contribution in [0.2, 0.25) is 0 Å². The molecule has 0 N–H and O–H groups in total. The van der Waals surface area contributed by atoms with Gasteiger partial charge in [0.1, 0.15) is 0 Å². The number of hydrogen-bond donors (Lipinski definition) is 0. The Kier molecular flexibility index (Phi) is 6.94. The van der Waals surface area contributed by atoms with Crippen LogP contribution >= 0.6 is 0 Å². The van der Waals surface area contributed by atoms with Gasteiger partial charge < -0.3 is 23.8 Å². The van der Waals surface area contributed by atoms with Gasteiger partial charge in [0.15, 0.2) is 0 Å². The fourth-order valence-corrected chi connectivity index (χ4v) is 9.46. The quantitative estimate of drug-likeness (QED) is 0.275. The Labute approximate surface area is 284 Å². The number of fused-ring (bicyclic) bond motifs is 1. The van der Waals surface area contributed by atoms with Crippen molar-refractivity contribution in [3.8, 4) is 22.3 Å². The molecule has 0 saturated carbocycles. The van der Waals surface area contributed by atoms with Gasteiger partial charge in [0.2, 0.25) is 0 Å². The highest BCUT2D eigenvalue weighted by Crippen LogP contribution is 2.45. The fourth-order valence-electron chi connectivity index (χ4n) is 9.46. The van der Waals surface area contributed by atoms with Crippen molar-refractivity contribution in [3.63, 3.8) is 0 Å². The lowest BCUT2D eigenvalue weighted by Gasteiger charge is -2.58. The van der Waals surface area contributed by atoms with Gasteiger partial charge in [0.05, 0.1) is 55.9 Å². The summed E-state index contributed by atoms with van der Waals surface area (Å²) in [4.78, 5) is 15.3. The number of hydrogen-bond acceptors (Lipinski definition) is 7. The lowest BCUT2D eigenvalue weighted by atomic mass is 9.71. The van der Waals surface area contributed by atoms with E-state index >= 15 is 0 Å². The Balaban J connectivity index is 0.825. The van der Waals surface area contributed by atoms with Crippen molar-refractivity contribution in [1.82, 2.24) is 19.4 Å². The summed E-state index contributed by atoms with van der Waals surface area (Å²) in [7, 11) is 2.10. The zero-order valence-corrected chi connectivity index (χ0v) is 28.3. The molecule has 6 fully saturated rings. The molecule has 6 aliphatic rings. The predicted molar refractivity (Wildman–Crippen MR) is 192 cm³/mol. The first kappa shape index (κ1) is 29.5. The van der Waals surface area contributed by atoms with Crippen LogP contribution in [0.15, 0.2) is 67.0 Å². The van der Waals surface area contributed by atoms with Crippen molar-refractivity contribution < 1.29 is 9.47 Å². The molecule has 7 heterocycles. The van der Waals surface area contributed by atoms with E-state index in [-0.39, 0.29) is 0 Å². The van der Waals surface area contributed by atoms with E-state index in [1.54, 1.807) is 0 Å². The molecular weight excluding hydrogens is 596 g/mol. The fraction of sp³-hybridized carbons (Fsp3) is 0.525. The van der Waals surface area contributed by atoms with Gasteiger partial charge >= 0.3 is 0 Å². The third-order valence-corrected chi connectivity index (χ3v) is 13.0. The number of aryl methyl sites for hydroxylation is 1. The highest BCUT2D eigenvalue weighted by Gasteiger charge is 2.49. The monoisotopic (exact) mass is 644 g/mol. The molecule has 8 nitrogen and oxygen atoms in total. The first-order valence-corrected chi connectivity index (χ1v) is 18.3. The minimum atomic E-state index is 0.537. The van der Waals surface area contributed by atoms with Crippen LogP contribution < -0.4 is 9.80 Å². The number of nitrogens with zero attached hydrogens (tertiary/aromatic N) is 6. The van der Waals surface area contributed by atoms with Crippen molar-refractivity contribution in [2.75, 3.05) is 88.6 Å². The Bertz CT molecular complexity index is 1780. The Morgan fingerprint density at radius 1 is 0.604 bits per heavy atom. The number of ether oxygens (including phenoxy) is 2. The SMILES string of the molecule is Cn1cnc2c(-c3ccc(N4CCC5(CC4)CN(C4COC4)C5)cc3)cc(-c3ccc(N4CCC5(CC4)CN(C4COC4)C5)cc3)cc21. The lowest BCUT2D eigenvalue weighted by Crippen LogP contribution is -2.66. The van der Waals surface area contributed by atoms with Gasteiger partial charge in [0.25, 0.3) is 0 Å². The van der Waals surface area contributed by atoms with Gasteiger partial charge in [-0.3, -0.25) is 9.80 Å². The molecule has 0 aliphatic carbocycles. The molecule has 6 aliphatic heterocycles. The molecular formula is C40H48N6O2. The van der Waals surface area contributed by atoms with E-state index in [2.05, 4.69) is 91.9 Å². The van der Waals surface area contributed by atoms with Crippen LogP contribution in [-0.2, 0) is 16.5 Å². The van der Waals surface area contributed by atoms with Crippen LogP contribution in [-0.4, -0.2) is 110 Å². The summed E-state index contributed by atoms with van der Waals surface area (Å²) >= 11 is 0. The molecule has 4 aromatic rings. The maximum Gasteiger partial charge on any atom is 0.0963 e. The topological polar surface area (TPSA) is 49.2 Å². The maximum absolute atomic E-state index is 5.42. The van der Waals surface area contributed by atoms with Crippen LogP contribution in [0.1, 0.15) is 25.7 Å². The summed E-state index contributed by atoms with van der Waals surface area (Å²) in [6, 6.07) is 24.6. The number of imidazole rings is 1. The summed E-state index contributed by atoms with van der Waals surface area (Å²) in [5.74, 6) is 0. The summed E-state index contributed by atoms with van der Waals surface area (Å²) in [6.07, 6.45) is 7.13. The number of piperidine rings is 2. The minimum Gasteiger partial charge on any atom is -0.378 e. The highest BCUT2D eigenvalue weighted by atomic mass is 16.5. The van der Waals surface area contributed by atoms with Gasteiger partial charge in [0, 0.05) is 76.3 Å². The summed E-state index contributed by atoms with van der Waals surface area (Å²) in [5, 5.41) is 0. The van der Waals surface area contributed by atoms with E-state index in [9.17, 15) is 0 Å². The maximum atomic E-state index is 5.42. The van der Waals surface area contributed by atoms with Gasteiger partial charge in [-0.05, 0) is 89.6 Å². The van der Waals surface area contributed by atoms with Crippen LogP contribution in [0.3, 0.4) is 0 Å². The average Bonchev–Trinajstić information content (AvgIpc) is 3.42. The second-order valence-corrected chi connectivity index (χ2v) is 16.0. The molecule has 250 valence electrons. The first-order chi connectivity index (χ1) is 23.5. The van der Waals surface area contributed by atoms with Crippen molar-refractivity contribution in [3.05, 3.63) is 67.0 Å². The van der Waals surface area contributed by atoms with E-state index < -0.39 is 0 Å². The molecule has 6 saturated heterocycles. The van der Waals surface area contributed by atoms with Crippen molar-refractivity contribution >= 4 is 22.4 Å². The second kappa shape index (κ2) is 11.3. The van der Waals surface area contributed by atoms with Gasteiger partial charge in [-0.2, -0.15) is 0 Å². The zero-order valence-electron chi connectivity index (χ0n) is 28.3. The summed E-state index contributed by atoms with van der Waals surface area (Å²) in [6.45, 7) is 13.4. The number of likely N-dealkylation sites (tertiary alicyclic amines) is 2. The molecule has 1 aromatic heterocycles. The van der Waals surface area contributed by atoms with E-state index in [0.29, 0.717) is 22.9 Å². The van der Waals surface area contributed by atoms with Crippen LogP contribution in [0.5, 0.6) is 0 Å². The third-order valence-electron chi connectivity index (χ3n) is 13.0. The van der Waals surface area contributed by atoms with Gasteiger partial charge in [-0.15, -0.1) is 0 Å². The smallest absolute Gasteiger partial charge is 0.0963 e. The molecule has 48 heavy (non-hydrogen) atoms. The molecule has 2 spiro atoms. The Hall–Kier alpha value is -3.43. The second-order valence-electron chi connectivity index (χ2n) is 16.0. The van der Waals surface area contributed by atoms with Crippen LogP contribution in [0, 0.1) is 10.8 Å². The molecule has 10 rings (SSSR count). The summed E-state index contributed by atoms with van der Waals surface area (Å²) in [5.41, 5.74) is 10.9. The van der Waals surface area contributed by atoms with Crippen molar-refractivity contribution in [2.45, 2.75) is 37.8 Å². The van der Waals surface area contributed by atoms with Gasteiger partial charge in [-0.25, -0.2) is 4.98 Å². The normalized spacial score (nSPS) is 24.4. The number of aromatic nitrogens is 2. The van der Waals surface area contributed by atoms with Crippen LogP contribution in [0.25, 0.3) is 33.3 Å². The third kappa shape index (κ3) is 4.98. The zero-order chi connectivity index (χ0) is 31.9. The molecule has 8 heteroatoms. The molecule has 0 atom stereocenters. The number of rotatable bonds is 6. The highest BCUT2D eigenvalue weighted by molar-refractivity contribution is 5.96. The van der Waals surface area contributed by atoms with E-state index in [0.717, 1.165) is 58.1 Å². The molecule has 0 amide bonds. The standard InChI is InChI=1S/C40H48N6O2/c1-42-28-41-38-36(30-4-8-33(9-5-30)44-16-12-40(13-17-44)26-46(27-40)35-22-48-23-35)18-31(19-37(38)42)29-2-6-32(7-3-29)43-14-10-39(11-15-43)24-45(25-39)34-20-47-21-34/h2-9,18-19,28,34-35H,10-17,20-27H2,1H3. The van der Waals surface area contributed by atoms with Crippen LogP contribution in [0.4, 0.5) is 11.4 Å². The lowest BCUT2D eigenvalue weighted by molar-refractivity contribution is -0.136. The van der Waals surface area contributed by atoms with Crippen molar-refractivity contribution in [2.24, 2.45) is 17.9 Å². The Morgan fingerprint density at radius 3 is 1.54 bits per heavy atom. The van der Waals surface area contributed by atoms with Crippen molar-refractivity contribution in [1.29, 1.82) is 0 Å². The van der Waals surface area contributed by atoms with E-state index in [4.69, 9.17) is 14.5 Å². The predicted octanol–water partition coefficient (Wildman–Crippen LogP) is 5.51. The first-order valence-electron chi connectivity index (χ1n) is 18.3. The van der Waals surface area contributed by atoms with E-state index in [1.807, 2.05) is 6.33 Å². The minimum absolute atomic E-state index is 0.537. The average molecular weight is 645 g/mol. The molecule has 0 unspecified atom stereocenters. The number of anilines is 2.